The fourth-order valence-electron chi connectivity index (χ4n) is 17.2. The van der Waals surface area contributed by atoms with E-state index in [2.05, 4.69) is 310 Å². The highest BCUT2D eigenvalue weighted by Gasteiger charge is 2.23. The maximum Gasteiger partial charge on any atom is 0.164 e. The van der Waals surface area contributed by atoms with Gasteiger partial charge in [0.05, 0.1) is 49.7 Å². The van der Waals surface area contributed by atoms with Gasteiger partial charge in [-0.1, -0.05) is 279 Å². The zero-order valence-corrected chi connectivity index (χ0v) is 64.8. The Kier molecular flexibility index (Phi) is 17.3. The molecule has 16 aromatic carbocycles. The van der Waals surface area contributed by atoms with Crippen LogP contribution in [0.2, 0.25) is 5.02 Å². The van der Waals surface area contributed by atoms with Crippen molar-refractivity contribution in [2.24, 2.45) is 0 Å². The van der Waals surface area contributed by atoms with Crippen LogP contribution in [-0.4, -0.2) is 57.7 Å². The summed E-state index contributed by atoms with van der Waals surface area (Å²) in [7, 11) is 0. The lowest BCUT2D eigenvalue weighted by Crippen LogP contribution is -2.01. The Morgan fingerprint density at radius 3 is 1.03 bits per heavy atom. The molecule has 0 aliphatic rings. The summed E-state index contributed by atoms with van der Waals surface area (Å²) in [6, 6.07) is 139. The lowest BCUT2D eigenvalue weighted by molar-refractivity contribution is 1.07. The minimum absolute atomic E-state index is 0.607. The van der Waals surface area contributed by atoms with E-state index in [1.807, 2.05) is 146 Å². The third kappa shape index (κ3) is 12.5. The summed E-state index contributed by atoms with van der Waals surface area (Å²) in [5.41, 5.74) is 23.1. The number of hydrogen-bond acceptors (Lipinski definition) is 6. The number of fused-ring (bicyclic) bond motifs is 16. The Hall–Kier alpha value is -15.9. The van der Waals surface area contributed by atoms with E-state index in [0.29, 0.717) is 40.0 Å². The van der Waals surface area contributed by atoms with E-state index in [1.54, 1.807) is 0 Å². The predicted octanol–water partition coefficient (Wildman–Crippen LogP) is 26.9. The number of rotatable bonds is 11. The van der Waals surface area contributed by atoms with Crippen molar-refractivity contribution in [2.75, 3.05) is 0 Å². The summed E-state index contributed by atoms with van der Waals surface area (Å²) in [4.78, 5) is 32.7. The molecule has 119 heavy (non-hydrogen) atoms. The van der Waals surface area contributed by atoms with Crippen LogP contribution in [0.15, 0.2) is 413 Å². The molecular formula is C106H69ClN12. The van der Waals surface area contributed by atoms with Crippen LogP contribution in [-0.2, 0) is 0 Å². The molecule has 0 atom stereocenters. The second kappa shape index (κ2) is 29.5. The normalized spacial score (nSPS) is 11.6. The van der Waals surface area contributed by atoms with Gasteiger partial charge in [0, 0.05) is 139 Å². The molecule has 0 spiro atoms. The molecular weight excluding hydrogens is 1480 g/mol. The minimum atomic E-state index is 0.607. The van der Waals surface area contributed by atoms with Crippen LogP contribution >= 0.6 is 11.6 Å². The zero-order valence-electron chi connectivity index (χ0n) is 64.1. The van der Waals surface area contributed by atoms with Gasteiger partial charge >= 0.3 is 0 Å². The number of aromatic nitrogens is 12. The lowest BCUT2D eigenvalue weighted by Gasteiger charge is -2.12. The second-order valence-electron chi connectivity index (χ2n) is 29.6. The predicted molar refractivity (Wildman–Crippen MR) is 490 cm³/mol. The smallest absolute Gasteiger partial charge is 0.164 e. The first-order valence-electron chi connectivity index (χ1n) is 39.8. The molecule has 12 nitrogen and oxygen atoms in total. The van der Waals surface area contributed by atoms with E-state index >= 15 is 0 Å². The summed E-state index contributed by atoms with van der Waals surface area (Å²) >= 11 is 6.14. The van der Waals surface area contributed by atoms with Gasteiger partial charge in [-0.2, -0.15) is 0 Å². The maximum absolute atomic E-state index is 6.14. The van der Waals surface area contributed by atoms with Gasteiger partial charge in [-0.25, -0.2) is 29.9 Å². The van der Waals surface area contributed by atoms with E-state index in [4.69, 9.17) is 26.6 Å². The summed E-state index contributed by atoms with van der Waals surface area (Å²) in [6.45, 7) is 0. The van der Waals surface area contributed by atoms with E-state index in [9.17, 15) is 0 Å². The van der Waals surface area contributed by atoms with E-state index in [1.165, 1.54) is 104 Å². The van der Waals surface area contributed by atoms with Crippen molar-refractivity contribution >= 4 is 121 Å². The average Bonchev–Trinajstić information content (AvgIpc) is 1.56. The van der Waals surface area contributed by atoms with Gasteiger partial charge in [0.25, 0.3) is 0 Å². The van der Waals surface area contributed by atoms with Crippen molar-refractivity contribution < 1.29 is 0 Å². The molecule has 0 fully saturated rings. The molecule has 0 saturated heterocycles. The second-order valence-corrected chi connectivity index (χ2v) is 30.1. The molecule has 0 radical (unpaired) electrons. The quantitative estimate of drug-likeness (QED) is 0.138. The monoisotopic (exact) mass is 1540 g/mol. The van der Waals surface area contributed by atoms with Gasteiger partial charge in [-0.05, 0) is 133 Å². The van der Waals surface area contributed by atoms with Crippen LogP contribution in [0.3, 0.4) is 0 Å². The molecule has 0 amide bonds. The average molecular weight is 1550 g/mol. The summed E-state index contributed by atoms with van der Waals surface area (Å²) in [6.07, 6.45) is 4.40. The fraction of sp³-hybridized carbons (Fsp3) is 0. The van der Waals surface area contributed by atoms with Crippen molar-refractivity contribution in [3.05, 3.63) is 418 Å². The van der Waals surface area contributed by atoms with Gasteiger partial charge in [0.15, 0.2) is 34.9 Å². The molecule has 0 bridgehead atoms. The van der Waals surface area contributed by atoms with E-state index in [0.717, 1.165) is 67.0 Å². The van der Waals surface area contributed by atoms with Crippen molar-refractivity contribution in [2.45, 2.75) is 0 Å². The van der Waals surface area contributed by atoms with Crippen LogP contribution in [0.5, 0.6) is 0 Å². The number of benzene rings is 16. The molecule has 13 heteroatoms. The lowest BCUT2D eigenvalue weighted by atomic mass is 10.1. The van der Waals surface area contributed by atoms with Crippen LogP contribution in [0.1, 0.15) is 0 Å². The van der Waals surface area contributed by atoms with Crippen LogP contribution < -0.4 is 0 Å². The highest BCUT2D eigenvalue weighted by atomic mass is 35.5. The third-order valence-corrected chi connectivity index (χ3v) is 22.8. The Labute approximate surface area is 688 Å². The maximum atomic E-state index is 6.14. The van der Waals surface area contributed by atoms with Gasteiger partial charge in [0.2, 0.25) is 0 Å². The Balaban J connectivity index is 0.000000120. The number of nitrogens with one attached hydrogen (secondary N) is 1. The summed E-state index contributed by atoms with van der Waals surface area (Å²) in [5, 5.41) is 13.0. The molecule has 8 heterocycles. The molecule has 560 valence electrons. The summed E-state index contributed by atoms with van der Waals surface area (Å²) in [5.74, 6) is 3.80. The van der Waals surface area contributed by atoms with Crippen LogP contribution in [0.25, 0.3) is 206 Å². The molecule has 8 aromatic heterocycles. The number of H-pyrrole nitrogens is 1. The first kappa shape index (κ1) is 69.8. The molecule has 24 aromatic rings. The van der Waals surface area contributed by atoms with Crippen molar-refractivity contribution in [3.63, 3.8) is 0 Å². The van der Waals surface area contributed by atoms with E-state index < -0.39 is 0 Å². The number of aromatic amines is 1. The Bertz CT molecular complexity index is 7870. The zero-order chi connectivity index (χ0) is 78.9. The topological polar surface area (TPSA) is 118 Å². The minimum Gasteiger partial charge on any atom is -0.354 e. The molecule has 0 saturated carbocycles. The number of nitrogens with zero attached hydrogens (tertiary/aromatic N) is 11. The molecule has 1 N–H and O–H groups in total. The van der Waals surface area contributed by atoms with E-state index in [-0.39, 0.29) is 0 Å². The van der Waals surface area contributed by atoms with Crippen molar-refractivity contribution in [3.8, 4) is 96.8 Å². The van der Waals surface area contributed by atoms with Gasteiger partial charge in [-0.3, -0.25) is 0 Å². The summed E-state index contributed by atoms with van der Waals surface area (Å²) < 4.78 is 11.7. The number of halogens is 1. The SMILES string of the molecule is Clc1cccc(-c2nc(-c3ccccc3)nc(-c3ccccc3)n2)c1.c1ccc(-c2nc(-c3ccccc3)nc(-c3cccc(-n4c5ccccc5c5ccc6c(ccn6-c6ccc7c(c6)c6ccccc6n7-c6ccccc6)c54)c3)n2)cc1.c1ccc(-n2c3ccccc3c3cc(-n4ccc5c6[nH]c7ccccc7c6ccc54)ccc32)cc1. The highest BCUT2D eigenvalue weighted by Crippen LogP contribution is 2.42. The fourth-order valence-corrected chi connectivity index (χ4v) is 17.3. The molecule has 0 aliphatic carbocycles. The Morgan fingerprint density at radius 1 is 0.202 bits per heavy atom. The van der Waals surface area contributed by atoms with Crippen LogP contribution in [0.4, 0.5) is 0 Å². The molecule has 0 unspecified atom stereocenters. The first-order valence-corrected chi connectivity index (χ1v) is 40.1. The number of para-hydroxylation sites is 6. The van der Waals surface area contributed by atoms with Gasteiger partial charge in [-0.15, -0.1) is 0 Å². The first-order chi connectivity index (χ1) is 58.9. The molecule has 24 rings (SSSR count). The standard InChI is InChI=1S/C53H34N6.C32H21N3.C21H14ClN3/c1-4-15-35(16-5-1)51-54-52(36-17-6-2-7-18-36)56-53(55-51)37-19-14-22-40(33-37)59-48-26-13-10-23-41(48)43-28-30-46-44(50(43)59)31-32-57(46)39-27-29-49-45(34-39)42-24-11-12-25-47(42)58(49)38-20-8-3-9-21-38;1-2-8-21(9-3-1)35-30-13-7-5-11-24(30)27-20-22(14-16-31(27)35)34-19-18-26-29(34)17-15-25-23-10-4-6-12-28(23)33-32(25)26;22-18-13-7-12-17(14-18)21-24-19(15-8-3-1-4-9-15)23-20(25-21)16-10-5-2-6-11-16/h1-34H;1-20,33H;1-14H. The van der Waals surface area contributed by atoms with Crippen LogP contribution in [0, 0.1) is 0 Å². The highest BCUT2D eigenvalue weighted by molar-refractivity contribution is 6.31. The van der Waals surface area contributed by atoms with Gasteiger partial charge in [0.1, 0.15) is 0 Å². The third-order valence-electron chi connectivity index (χ3n) is 22.6. The van der Waals surface area contributed by atoms with Crippen molar-refractivity contribution in [1.82, 2.24) is 57.7 Å². The Morgan fingerprint density at radius 2 is 0.546 bits per heavy atom. The van der Waals surface area contributed by atoms with Gasteiger partial charge < -0.3 is 27.8 Å². The van der Waals surface area contributed by atoms with Crippen molar-refractivity contribution in [1.29, 1.82) is 0 Å². The molecule has 0 aliphatic heterocycles. The number of hydrogen-bond donors (Lipinski definition) is 1. The largest absolute Gasteiger partial charge is 0.354 e.